The lowest BCUT2D eigenvalue weighted by Crippen LogP contribution is -2.45. The second-order valence-corrected chi connectivity index (χ2v) is 5.77. The van der Waals surface area contributed by atoms with E-state index in [1.165, 1.54) is 0 Å². The van der Waals surface area contributed by atoms with Gasteiger partial charge in [0.1, 0.15) is 0 Å². The minimum atomic E-state index is -0.653. The van der Waals surface area contributed by atoms with Crippen LogP contribution in [0.5, 0.6) is 0 Å². The fraction of sp³-hybridized carbons (Fsp3) is 0.471. The van der Waals surface area contributed by atoms with Crippen LogP contribution in [0.15, 0.2) is 18.2 Å². The van der Waals surface area contributed by atoms with Crippen LogP contribution in [0, 0.1) is 18.8 Å². The van der Waals surface area contributed by atoms with E-state index in [1.807, 2.05) is 32.0 Å². The molecule has 0 bridgehead atoms. The smallest absolute Gasteiger partial charge is 0.254 e. The Morgan fingerprint density at radius 2 is 2.10 bits per heavy atom. The van der Waals surface area contributed by atoms with Crippen molar-refractivity contribution in [1.82, 2.24) is 4.90 Å². The number of nitrogens with two attached hydrogens (primary N) is 1. The molecule has 3 N–H and O–H groups in total. The summed E-state index contributed by atoms with van der Waals surface area (Å²) >= 11 is 0. The van der Waals surface area contributed by atoms with Crippen LogP contribution in [0.4, 0.5) is 0 Å². The highest BCUT2D eigenvalue weighted by Crippen LogP contribution is 2.23. The molecule has 1 fully saturated rings. The van der Waals surface area contributed by atoms with Crippen LogP contribution in [0.3, 0.4) is 0 Å². The number of aliphatic hydroxyl groups is 1. The predicted octanol–water partition coefficient (Wildman–Crippen LogP) is 1.29. The highest BCUT2D eigenvalue weighted by molar-refractivity contribution is 5.96. The summed E-state index contributed by atoms with van der Waals surface area (Å²) in [5.41, 5.74) is 7.16. The maximum Gasteiger partial charge on any atom is 0.254 e. The first kappa shape index (κ1) is 15.6. The Hall–Kier alpha value is -1.83. The van der Waals surface area contributed by atoms with Gasteiger partial charge < -0.3 is 15.7 Å². The molecule has 4 heteroatoms. The number of carbonyl (C=O) groups excluding carboxylic acids is 1. The average Bonchev–Trinajstić information content (AvgIpc) is 2.45. The van der Waals surface area contributed by atoms with Crippen molar-refractivity contribution in [1.29, 1.82) is 0 Å². The van der Waals surface area contributed by atoms with Crippen molar-refractivity contribution in [2.24, 2.45) is 5.73 Å². The molecular weight excluding hydrogens is 264 g/mol. The number of likely N-dealkylation sites (tertiary alicyclic amines) is 1. The molecule has 1 aromatic rings. The molecule has 112 valence electrons. The molecule has 0 atom stereocenters. The number of carbonyl (C=O) groups is 1. The minimum Gasteiger partial charge on any atom is -0.390 e. The van der Waals surface area contributed by atoms with Gasteiger partial charge in [-0.3, -0.25) is 4.79 Å². The maximum atomic E-state index is 12.6. The van der Waals surface area contributed by atoms with E-state index in [9.17, 15) is 9.90 Å². The van der Waals surface area contributed by atoms with Crippen molar-refractivity contribution in [3.05, 3.63) is 34.9 Å². The Morgan fingerprint density at radius 3 is 2.71 bits per heavy atom. The standard InChI is InChI=1S/C17H22N2O2/c1-13-14(6-4-10-18)5-3-7-15(13)16(20)19-11-8-17(2,21)9-12-19/h3,5,7,21H,8-12,18H2,1-2H3. The van der Waals surface area contributed by atoms with E-state index in [0.717, 1.165) is 11.1 Å². The largest absolute Gasteiger partial charge is 0.390 e. The van der Waals surface area contributed by atoms with E-state index in [2.05, 4.69) is 11.8 Å². The maximum absolute atomic E-state index is 12.6. The Balaban J connectivity index is 2.20. The van der Waals surface area contributed by atoms with E-state index in [1.54, 1.807) is 4.90 Å². The van der Waals surface area contributed by atoms with Crippen molar-refractivity contribution in [2.75, 3.05) is 19.6 Å². The number of hydrogen-bond donors (Lipinski definition) is 2. The molecule has 1 aromatic carbocycles. The normalized spacial score (nSPS) is 17.0. The third kappa shape index (κ3) is 3.63. The quantitative estimate of drug-likeness (QED) is 0.765. The van der Waals surface area contributed by atoms with Crippen LogP contribution in [0.1, 0.15) is 41.3 Å². The van der Waals surface area contributed by atoms with Gasteiger partial charge in [0.25, 0.3) is 5.91 Å². The van der Waals surface area contributed by atoms with Crippen molar-refractivity contribution in [3.8, 4) is 11.8 Å². The average molecular weight is 286 g/mol. The Labute approximate surface area is 125 Å². The number of piperidine rings is 1. The van der Waals surface area contributed by atoms with E-state index in [0.29, 0.717) is 38.0 Å². The highest BCUT2D eigenvalue weighted by Gasteiger charge is 2.30. The number of benzene rings is 1. The Kier molecular flexibility index (Phi) is 4.66. The first-order valence-electron chi connectivity index (χ1n) is 7.25. The Morgan fingerprint density at radius 1 is 1.43 bits per heavy atom. The van der Waals surface area contributed by atoms with Crippen molar-refractivity contribution in [2.45, 2.75) is 32.3 Å². The van der Waals surface area contributed by atoms with Gasteiger partial charge in [-0.25, -0.2) is 0 Å². The van der Waals surface area contributed by atoms with Gasteiger partial charge in [-0.2, -0.15) is 0 Å². The molecule has 0 aromatic heterocycles. The molecular formula is C17H22N2O2. The van der Waals surface area contributed by atoms with Crippen LogP contribution in [0.25, 0.3) is 0 Å². The summed E-state index contributed by atoms with van der Waals surface area (Å²) < 4.78 is 0. The first-order chi connectivity index (χ1) is 9.94. The predicted molar refractivity (Wildman–Crippen MR) is 82.9 cm³/mol. The molecule has 0 unspecified atom stereocenters. The van der Waals surface area contributed by atoms with Crippen LogP contribution in [-0.2, 0) is 0 Å². The number of rotatable bonds is 1. The zero-order valence-electron chi connectivity index (χ0n) is 12.6. The fourth-order valence-electron chi connectivity index (χ4n) is 2.51. The van der Waals surface area contributed by atoms with Gasteiger partial charge in [-0.15, -0.1) is 0 Å². The molecule has 1 aliphatic heterocycles. The summed E-state index contributed by atoms with van der Waals surface area (Å²) in [6.07, 6.45) is 1.23. The summed E-state index contributed by atoms with van der Waals surface area (Å²) in [7, 11) is 0. The topological polar surface area (TPSA) is 66.6 Å². The summed E-state index contributed by atoms with van der Waals surface area (Å²) in [6, 6.07) is 5.58. The van der Waals surface area contributed by atoms with Gasteiger partial charge in [0.2, 0.25) is 0 Å². The number of hydrogen-bond acceptors (Lipinski definition) is 3. The lowest BCUT2D eigenvalue weighted by Gasteiger charge is -2.36. The Bertz CT molecular complexity index is 587. The monoisotopic (exact) mass is 286 g/mol. The van der Waals surface area contributed by atoms with Gasteiger partial charge in [-0.05, 0) is 44.4 Å². The van der Waals surface area contributed by atoms with Crippen molar-refractivity contribution >= 4 is 5.91 Å². The molecule has 0 aliphatic carbocycles. The second kappa shape index (κ2) is 6.30. The summed E-state index contributed by atoms with van der Waals surface area (Å²) in [6.45, 7) is 5.21. The molecule has 21 heavy (non-hydrogen) atoms. The molecule has 1 aliphatic rings. The molecule has 1 saturated heterocycles. The van der Waals surface area contributed by atoms with E-state index < -0.39 is 5.60 Å². The van der Waals surface area contributed by atoms with E-state index in [4.69, 9.17) is 5.73 Å². The summed E-state index contributed by atoms with van der Waals surface area (Å²) in [5.74, 6) is 5.83. The third-order valence-electron chi connectivity index (χ3n) is 4.02. The second-order valence-electron chi connectivity index (χ2n) is 5.77. The highest BCUT2D eigenvalue weighted by atomic mass is 16.3. The van der Waals surface area contributed by atoms with Gasteiger partial charge in [0.15, 0.2) is 0 Å². The van der Waals surface area contributed by atoms with Crippen LogP contribution in [0.2, 0.25) is 0 Å². The molecule has 0 saturated carbocycles. The third-order valence-corrected chi connectivity index (χ3v) is 4.02. The first-order valence-corrected chi connectivity index (χ1v) is 7.25. The van der Waals surface area contributed by atoms with Gasteiger partial charge >= 0.3 is 0 Å². The number of nitrogens with zero attached hydrogens (tertiary/aromatic N) is 1. The fourth-order valence-corrected chi connectivity index (χ4v) is 2.51. The zero-order chi connectivity index (χ0) is 15.5. The summed E-state index contributed by atoms with van der Waals surface area (Å²) in [5, 5.41) is 9.97. The molecule has 4 nitrogen and oxygen atoms in total. The van der Waals surface area contributed by atoms with E-state index in [-0.39, 0.29) is 5.91 Å². The van der Waals surface area contributed by atoms with Crippen molar-refractivity contribution in [3.63, 3.8) is 0 Å². The lowest BCUT2D eigenvalue weighted by atomic mass is 9.93. The van der Waals surface area contributed by atoms with Crippen LogP contribution in [-0.4, -0.2) is 41.1 Å². The zero-order valence-corrected chi connectivity index (χ0v) is 12.6. The van der Waals surface area contributed by atoms with Gasteiger partial charge in [0.05, 0.1) is 12.1 Å². The summed E-state index contributed by atoms with van der Waals surface area (Å²) in [4.78, 5) is 14.4. The SMILES string of the molecule is Cc1c(C#CCN)cccc1C(=O)N1CCC(C)(O)CC1. The van der Waals surface area contributed by atoms with E-state index >= 15 is 0 Å². The van der Waals surface area contributed by atoms with Crippen molar-refractivity contribution < 1.29 is 9.90 Å². The van der Waals surface area contributed by atoms with Crippen LogP contribution < -0.4 is 5.73 Å². The molecule has 1 amide bonds. The van der Waals surface area contributed by atoms with Gasteiger partial charge in [0, 0.05) is 24.2 Å². The molecule has 1 heterocycles. The minimum absolute atomic E-state index is 0.0133. The molecule has 2 rings (SSSR count). The van der Waals surface area contributed by atoms with Gasteiger partial charge in [-0.1, -0.05) is 17.9 Å². The molecule has 0 radical (unpaired) electrons. The molecule has 0 spiro atoms. The van der Waals surface area contributed by atoms with Crippen LogP contribution >= 0.6 is 0 Å². The number of amides is 1. The lowest BCUT2D eigenvalue weighted by molar-refractivity contribution is -0.00204.